The second kappa shape index (κ2) is 6.83. The van der Waals surface area contributed by atoms with Crippen molar-refractivity contribution in [2.45, 2.75) is 32.4 Å². The molecule has 0 fully saturated rings. The van der Waals surface area contributed by atoms with Crippen LogP contribution in [0.1, 0.15) is 36.1 Å². The van der Waals surface area contributed by atoms with Crippen molar-refractivity contribution in [1.82, 2.24) is 5.32 Å². The second-order valence-corrected chi connectivity index (χ2v) is 5.93. The van der Waals surface area contributed by atoms with Crippen molar-refractivity contribution < 1.29 is 14.0 Å². The highest BCUT2D eigenvalue weighted by Gasteiger charge is 2.30. The first kappa shape index (κ1) is 16.2. The zero-order chi connectivity index (χ0) is 17.1. The molecular weight excluding hydrogens is 307 g/mol. The molecule has 1 N–H and O–H groups in total. The molecule has 24 heavy (non-hydrogen) atoms. The van der Waals surface area contributed by atoms with Gasteiger partial charge in [-0.05, 0) is 37.1 Å². The van der Waals surface area contributed by atoms with Crippen LogP contribution in [0.3, 0.4) is 0 Å². The summed E-state index contributed by atoms with van der Waals surface area (Å²) in [5.41, 5.74) is 3.40. The van der Waals surface area contributed by atoms with Gasteiger partial charge in [-0.3, -0.25) is 4.79 Å². The van der Waals surface area contributed by atoms with Gasteiger partial charge in [0.05, 0.1) is 11.8 Å². The number of halogens is 1. The van der Waals surface area contributed by atoms with Crippen molar-refractivity contribution in [3.8, 4) is 0 Å². The lowest BCUT2D eigenvalue weighted by atomic mass is 10.0. The molecule has 1 aliphatic rings. The highest BCUT2D eigenvalue weighted by molar-refractivity contribution is 6.04. The van der Waals surface area contributed by atoms with Gasteiger partial charge in [0.25, 0.3) is 5.91 Å². The lowest BCUT2D eigenvalue weighted by Crippen LogP contribution is -2.36. The van der Waals surface area contributed by atoms with Gasteiger partial charge in [-0.2, -0.15) is 0 Å². The molecule has 0 saturated carbocycles. The number of hydrogen-bond donors (Lipinski definition) is 1. The summed E-state index contributed by atoms with van der Waals surface area (Å²) in [6, 6.07) is 13.9. The molecule has 124 valence electrons. The number of nitrogens with one attached hydrogen (secondary N) is 1. The number of carbonyl (C=O) groups excluding carboxylic acids is 1. The van der Waals surface area contributed by atoms with Crippen molar-refractivity contribution >= 4 is 11.6 Å². The van der Waals surface area contributed by atoms with Crippen LogP contribution in [0.4, 0.5) is 4.39 Å². The Hall–Kier alpha value is -2.69. The molecular formula is C19H19FN2O2. The third kappa shape index (κ3) is 3.45. The molecule has 5 heteroatoms. The van der Waals surface area contributed by atoms with E-state index in [9.17, 15) is 9.18 Å². The Balaban J connectivity index is 1.63. The minimum Gasteiger partial charge on any atom is -0.382 e. The van der Waals surface area contributed by atoms with E-state index in [1.807, 2.05) is 38.1 Å². The maximum atomic E-state index is 13.3. The highest BCUT2D eigenvalue weighted by atomic mass is 19.1. The van der Waals surface area contributed by atoms with Crippen LogP contribution in [0.15, 0.2) is 53.7 Å². The molecule has 0 radical (unpaired) electrons. The van der Waals surface area contributed by atoms with Crippen molar-refractivity contribution in [3.05, 3.63) is 71.0 Å². The SMILES string of the molecule is Cc1ccccc1C(C)NC(=O)C1CC(c2cccc(F)c2)=NO1. The molecule has 0 saturated heterocycles. The molecule has 4 nitrogen and oxygen atoms in total. The normalized spacial score (nSPS) is 17.8. The van der Waals surface area contributed by atoms with E-state index in [0.29, 0.717) is 17.7 Å². The molecule has 2 atom stereocenters. The number of benzene rings is 2. The minimum absolute atomic E-state index is 0.125. The molecule has 3 rings (SSSR count). The number of aryl methyl sites for hydroxylation is 1. The summed E-state index contributed by atoms with van der Waals surface area (Å²) in [7, 11) is 0. The van der Waals surface area contributed by atoms with E-state index in [0.717, 1.165) is 11.1 Å². The molecule has 1 heterocycles. The largest absolute Gasteiger partial charge is 0.382 e. The fourth-order valence-corrected chi connectivity index (χ4v) is 2.81. The van der Waals surface area contributed by atoms with Crippen LogP contribution in [-0.4, -0.2) is 17.7 Å². The molecule has 2 aromatic carbocycles. The standard InChI is InChI=1S/C19H19FN2O2/c1-12-6-3-4-9-16(12)13(2)21-19(23)18-11-17(22-24-18)14-7-5-8-15(20)10-14/h3-10,13,18H,11H2,1-2H3,(H,21,23). The average Bonchev–Trinajstić information content (AvgIpc) is 3.05. The van der Waals surface area contributed by atoms with Gasteiger partial charge in [-0.15, -0.1) is 0 Å². The quantitative estimate of drug-likeness (QED) is 0.935. The lowest BCUT2D eigenvalue weighted by molar-refractivity contribution is -0.131. The average molecular weight is 326 g/mol. The highest BCUT2D eigenvalue weighted by Crippen LogP contribution is 2.20. The Morgan fingerprint density at radius 1 is 1.29 bits per heavy atom. The van der Waals surface area contributed by atoms with Crippen LogP contribution >= 0.6 is 0 Å². The van der Waals surface area contributed by atoms with Gasteiger partial charge in [0, 0.05) is 12.0 Å². The first-order valence-corrected chi connectivity index (χ1v) is 7.89. The van der Waals surface area contributed by atoms with E-state index in [1.165, 1.54) is 12.1 Å². The lowest BCUT2D eigenvalue weighted by Gasteiger charge is -2.18. The van der Waals surface area contributed by atoms with Crippen molar-refractivity contribution in [2.75, 3.05) is 0 Å². The predicted octanol–water partition coefficient (Wildman–Crippen LogP) is 3.50. The van der Waals surface area contributed by atoms with Crippen molar-refractivity contribution in [3.63, 3.8) is 0 Å². The van der Waals surface area contributed by atoms with E-state index in [4.69, 9.17) is 4.84 Å². The number of amides is 1. The summed E-state index contributed by atoms with van der Waals surface area (Å²) in [5, 5.41) is 6.89. The first-order valence-electron chi connectivity index (χ1n) is 7.89. The smallest absolute Gasteiger partial charge is 0.264 e. The summed E-state index contributed by atoms with van der Waals surface area (Å²) in [6.07, 6.45) is -0.356. The van der Waals surface area contributed by atoms with Gasteiger partial charge in [0.15, 0.2) is 0 Å². The zero-order valence-electron chi connectivity index (χ0n) is 13.6. The van der Waals surface area contributed by atoms with Gasteiger partial charge in [-0.1, -0.05) is 41.6 Å². The summed E-state index contributed by atoms with van der Waals surface area (Å²) >= 11 is 0. The van der Waals surface area contributed by atoms with Crippen LogP contribution < -0.4 is 5.32 Å². The van der Waals surface area contributed by atoms with E-state index >= 15 is 0 Å². The van der Waals surface area contributed by atoms with E-state index in [-0.39, 0.29) is 17.8 Å². The van der Waals surface area contributed by atoms with Gasteiger partial charge in [-0.25, -0.2) is 4.39 Å². The van der Waals surface area contributed by atoms with Crippen LogP contribution in [0, 0.1) is 12.7 Å². The minimum atomic E-state index is -0.685. The van der Waals surface area contributed by atoms with Gasteiger partial charge >= 0.3 is 0 Å². The molecule has 1 amide bonds. The van der Waals surface area contributed by atoms with Crippen LogP contribution in [-0.2, 0) is 9.63 Å². The number of nitrogens with zero attached hydrogens (tertiary/aromatic N) is 1. The fraction of sp³-hybridized carbons (Fsp3) is 0.263. The molecule has 1 aliphatic heterocycles. The summed E-state index contributed by atoms with van der Waals surface area (Å²) in [4.78, 5) is 17.6. The molecule has 0 bridgehead atoms. The molecule has 0 aromatic heterocycles. The monoisotopic (exact) mass is 326 g/mol. The third-order valence-corrected chi connectivity index (χ3v) is 4.13. The summed E-state index contributed by atoms with van der Waals surface area (Å²) in [6.45, 7) is 3.94. The Kier molecular flexibility index (Phi) is 4.60. The summed E-state index contributed by atoms with van der Waals surface area (Å²) < 4.78 is 13.3. The molecule has 0 spiro atoms. The summed E-state index contributed by atoms with van der Waals surface area (Å²) in [5.74, 6) is -0.558. The Bertz CT molecular complexity index is 788. The number of hydrogen-bond acceptors (Lipinski definition) is 3. The predicted molar refractivity (Wildman–Crippen MR) is 90.2 cm³/mol. The molecule has 2 aromatic rings. The Labute approximate surface area is 140 Å². The number of rotatable bonds is 4. The number of oxime groups is 1. The maximum absolute atomic E-state index is 13.3. The van der Waals surface area contributed by atoms with Crippen LogP contribution in [0.2, 0.25) is 0 Å². The van der Waals surface area contributed by atoms with Crippen LogP contribution in [0.5, 0.6) is 0 Å². The maximum Gasteiger partial charge on any atom is 0.264 e. The first-order chi connectivity index (χ1) is 11.5. The van der Waals surface area contributed by atoms with E-state index in [1.54, 1.807) is 12.1 Å². The third-order valence-electron chi connectivity index (χ3n) is 4.13. The van der Waals surface area contributed by atoms with E-state index < -0.39 is 6.10 Å². The second-order valence-electron chi connectivity index (χ2n) is 5.93. The van der Waals surface area contributed by atoms with Crippen LogP contribution in [0.25, 0.3) is 0 Å². The van der Waals surface area contributed by atoms with Crippen molar-refractivity contribution in [2.24, 2.45) is 5.16 Å². The number of carbonyl (C=O) groups is 1. The topological polar surface area (TPSA) is 50.7 Å². The fourth-order valence-electron chi connectivity index (χ4n) is 2.81. The zero-order valence-corrected chi connectivity index (χ0v) is 13.6. The Morgan fingerprint density at radius 3 is 2.83 bits per heavy atom. The molecule has 2 unspecified atom stereocenters. The van der Waals surface area contributed by atoms with Crippen molar-refractivity contribution in [1.29, 1.82) is 0 Å². The van der Waals surface area contributed by atoms with Gasteiger partial charge in [0.2, 0.25) is 6.10 Å². The van der Waals surface area contributed by atoms with Gasteiger partial charge < -0.3 is 10.2 Å². The van der Waals surface area contributed by atoms with Gasteiger partial charge in [0.1, 0.15) is 5.82 Å². The molecule has 0 aliphatic carbocycles. The van der Waals surface area contributed by atoms with E-state index in [2.05, 4.69) is 10.5 Å². The Morgan fingerprint density at radius 2 is 2.08 bits per heavy atom.